The quantitative estimate of drug-likeness (QED) is 0.401. The summed E-state index contributed by atoms with van der Waals surface area (Å²) in [7, 11) is 0. The molecule has 0 rings (SSSR count). The Morgan fingerprint density at radius 1 is 1.60 bits per heavy atom. The normalized spacial score (nSPS) is 13.3. The van der Waals surface area contributed by atoms with Crippen LogP contribution in [0.2, 0.25) is 0 Å². The molecule has 0 aromatic rings. The van der Waals surface area contributed by atoms with Gasteiger partial charge in [0.05, 0.1) is 6.61 Å². The largest absolute Gasteiger partial charge is 0.392 e. The van der Waals surface area contributed by atoms with Crippen LogP contribution in [0.15, 0.2) is 0 Å². The highest BCUT2D eigenvalue weighted by atomic mass is 35.5. The van der Waals surface area contributed by atoms with Gasteiger partial charge in [-0.15, -0.1) is 0 Å². The smallest absolute Gasteiger partial charge is 0.255 e. The Balaban J connectivity index is 3.57. The minimum atomic E-state index is -1.30. The Bertz CT molecular complexity index is 119. The van der Waals surface area contributed by atoms with Gasteiger partial charge in [-0.2, -0.15) is 0 Å². The van der Waals surface area contributed by atoms with Crippen LogP contribution in [0.1, 0.15) is 0 Å². The second kappa shape index (κ2) is 4.73. The lowest BCUT2D eigenvalue weighted by Gasteiger charge is -2.09. The lowest BCUT2D eigenvalue weighted by molar-refractivity contribution is -0.123. The summed E-state index contributed by atoms with van der Waals surface area (Å²) in [6, 6.07) is 0. The standard InChI is InChI=1S/C4H7Cl2NO3/c5-3(6)4(10)7-2(9)1-8/h2-3,8-9H,1H2,(H,7,10). The first-order valence-electron chi connectivity index (χ1n) is 2.45. The zero-order valence-corrected chi connectivity index (χ0v) is 6.43. The minimum Gasteiger partial charge on any atom is -0.392 e. The number of alkyl halides is 2. The molecule has 0 aliphatic carbocycles. The summed E-state index contributed by atoms with van der Waals surface area (Å²) in [6.45, 7) is -0.563. The number of aliphatic hydroxyl groups excluding tert-OH is 2. The van der Waals surface area contributed by atoms with Crippen LogP contribution in [0.5, 0.6) is 0 Å². The SMILES string of the molecule is O=C(NC(O)CO)C(Cl)Cl. The molecule has 3 N–H and O–H groups in total. The fourth-order valence-electron chi connectivity index (χ4n) is 0.273. The number of hydrogen-bond acceptors (Lipinski definition) is 3. The number of hydrogen-bond donors (Lipinski definition) is 3. The predicted molar refractivity (Wildman–Crippen MR) is 36.7 cm³/mol. The topological polar surface area (TPSA) is 69.6 Å². The van der Waals surface area contributed by atoms with E-state index in [0.29, 0.717) is 0 Å². The van der Waals surface area contributed by atoms with Gasteiger partial charge >= 0.3 is 0 Å². The van der Waals surface area contributed by atoms with Gasteiger partial charge in [0.1, 0.15) is 6.23 Å². The van der Waals surface area contributed by atoms with Crippen molar-refractivity contribution in [3.63, 3.8) is 0 Å². The summed E-state index contributed by atoms with van der Waals surface area (Å²) in [5.74, 6) is -0.732. The molecule has 0 bridgehead atoms. The summed E-state index contributed by atoms with van der Waals surface area (Å²) in [4.78, 5) is 9.24. The molecular formula is C4H7Cl2NO3. The van der Waals surface area contributed by atoms with E-state index in [2.05, 4.69) is 0 Å². The molecule has 0 aliphatic rings. The van der Waals surface area contributed by atoms with Crippen LogP contribution in [-0.4, -0.2) is 33.8 Å². The van der Waals surface area contributed by atoms with Crippen molar-refractivity contribution in [3.8, 4) is 0 Å². The Morgan fingerprint density at radius 3 is 2.40 bits per heavy atom. The number of amides is 1. The van der Waals surface area contributed by atoms with Crippen LogP contribution in [-0.2, 0) is 4.79 Å². The second-order valence-electron chi connectivity index (χ2n) is 1.51. The molecule has 0 saturated carbocycles. The average Bonchev–Trinajstić information content (AvgIpc) is 1.87. The molecule has 0 saturated heterocycles. The van der Waals surface area contributed by atoms with Crippen LogP contribution >= 0.6 is 23.2 Å². The third kappa shape index (κ3) is 3.90. The van der Waals surface area contributed by atoms with Crippen LogP contribution in [0.3, 0.4) is 0 Å². The van der Waals surface area contributed by atoms with Gasteiger partial charge < -0.3 is 15.5 Å². The van der Waals surface area contributed by atoms with Gasteiger partial charge in [0.15, 0.2) is 4.84 Å². The highest BCUT2D eigenvalue weighted by molar-refractivity contribution is 6.53. The van der Waals surface area contributed by atoms with E-state index < -0.39 is 23.6 Å². The van der Waals surface area contributed by atoms with Crippen LogP contribution in [0, 0.1) is 0 Å². The molecular weight excluding hydrogens is 181 g/mol. The third-order valence-corrected chi connectivity index (χ3v) is 1.08. The molecule has 0 aromatic heterocycles. The van der Waals surface area contributed by atoms with E-state index in [9.17, 15) is 4.79 Å². The van der Waals surface area contributed by atoms with E-state index in [-0.39, 0.29) is 0 Å². The van der Waals surface area contributed by atoms with Crippen molar-refractivity contribution < 1.29 is 15.0 Å². The van der Waals surface area contributed by atoms with Gasteiger partial charge in [0.25, 0.3) is 5.91 Å². The van der Waals surface area contributed by atoms with Crippen molar-refractivity contribution >= 4 is 29.1 Å². The Hall–Kier alpha value is -0.0300. The predicted octanol–water partition coefficient (Wildman–Crippen LogP) is -0.783. The lowest BCUT2D eigenvalue weighted by Crippen LogP contribution is -2.39. The zero-order chi connectivity index (χ0) is 8.15. The highest BCUT2D eigenvalue weighted by Crippen LogP contribution is 2.00. The van der Waals surface area contributed by atoms with E-state index in [1.165, 1.54) is 0 Å². The molecule has 0 radical (unpaired) electrons. The number of carbonyl (C=O) groups is 1. The molecule has 0 heterocycles. The average molecular weight is 188 g/mol. The van der Waals surface area contributed by atoms with Crippen molar-refractivity contribution in [1.82, 2.24) is 5.32 Å². The van der Waals surface area contributed by atoms with E-state index >= 15 is 0 Å². The van der Waals surface area contributed by atoms with Crippen molar-refractivity contribution in [3.05, 3.63) is 0 Å². The fourth-order valence-corrected chi connectivity index (χ4v) is 0.399. The Labute approximate surface area is 67.7 Å². The molecule has 1 atom stereocenters. The van der Waals surface area contributed by atoms with Gasteiger partial charge in [-0.25, -0.2) is 0 Å². The fraction of sp³-hybridized carbons (Fsp3) is 0.750. The summed E-state index contributed by atoms with van der Waals surface area (Å²) in [6.07, 6.45) is -1.30. The lowest BCUT2D eigenvalue weighted by atomic mass is 10.5. The minimum absolute atomic E-state index is 0.563. The van der Waals surface area contributed by atoms with E-state index in [1.807, 2.05) is 5.32 Å². The van der Waals surface area contributed by atoms with Gasteiger partial charge in [-0.3, -0.25) is 4.79 Å². The van der Waals surface area contributed by atoms with Crippen LogP contribution in [0.4, 0.5) is 0 Å². The summed E-state index contributed by atoms with van der Waals surface area (Å²) in [5.41, 5.74) is 0. The summed E-state index contributed by atoms with van der Waals surface area (Å²) in [5, 5.41) is 18.7. The van der Waals surface area contributed by atoms with Crippen LogP contribution in [0.25, 0.3) is 0 Å². The second-order valence-corrected chi connectivity index (χ2v) is 2.60. The number of halogens is 2. The van der Waals surface area contributed by atoms with E-state index in [1.54, 1.807) is 0 Å². The van der Waals surface area contributed by atoms with E-state index in [4.69, 9.17) is 33.4 Å². The highest BCUT2D eigenvalue weighted by Gasteiger charge is 2.13. The van der Waals surface area contributed by atoms with Crippen molar-refractivity contribution in [2.75, 3.05) is 6.61 Å². The number of nitrogens with one attached hydrogen (secondary N) is 1. The maximum atomic E-state index is 10.5. The molecule has 0 spiro atoms. The number of aliphatic hydroxyl groups is 2. The molecule has 6 heteroatoms. The maximum absolute atomic E-state index is 10.5. The first-order valence-corrected chi connectivity index (χ1v) is 3.32. The monoisotopic (exact) mass is 187 g/mol. The first kappa shape index (κ1) is 9.97. The zero-order valence-electron chi connectivity index (χ0n) is 4.92. The Kier molecular flexibility index (Phi) is 4.72. The first-order chi connectivity index (χ1) is 4.57. The van der Waals surface area contributed by atoms with Gasteiger partial charge in [-0.05, 0) is 0 Å². The molecule has 0 aromatic carbocycles. The van der Waals surface area contributed by atoms with Gasteiger partial charge in [-0.1, -0.05) is 23.2 Å². The molecule has 4 nitrogen and oxygen atoms in total. The molecule has 1 unspecified atom stereocenters. The van der Waals surface area contributed by atoms with Crippen molar-refractivity contribution in [2.24, 2.45) is 0 Å². The van der Waals surface area contributed by atoms with Crippen molar-refractivity contribution in [1.29, 1.82) is 0 Å². The van der Waals surface area contributed by atoms with Crippen molar-refractivity contribution in [2.45, 2.75) is 11.1 Å². The molecule has 0 aliphatic heterocycles. The maximum Gasteiger partial charge on any atom is 0.255 e. The Morgan fingerprint density at radius 2 is 2.10 bits per heavy atom. The number of rotatable bonds is 3. The molecule has 10 heavy (non-hydrogen) atoms. The number of carbonyl (C=O) groups excluding carboxylic acids is 1. The molecule has 1 amide bonds. The van der Waals surface area contributed by atoms with Gasteiger partial charge in [0, 0.05) is 0 Å². The third-order valence-electron chi connectivity index (χ3n) is 0.680. The summed E-state index contributed by atoms with van der Waals surface area (Å²) < 4.78 is 0. The summed E-state index contributed by atoms with van der Waals surface area (Å²) >= 11 is 10.2. The van der Waals surface area contributed by atoms with E-state index in [0.717, 1.165) is 0 Å². The van der Waals surface area contributed by atoms with Crippen LogP contribution < -0.4 is 5.32 Å². The molecule has 0 fully saturated rings. The van der Waals surface area contributed by atoms with Gasteiger partial charge in [0.2, 0.25) is 0 Å². The molecule has 60 valence electrons.